The molecule has 0 bridgehead atoms. The van der Waals surface area contributed by atoms with Crippen molar-refractivity contribution >= 4 is 50.4 Å². The Balaban J connectivity index is 0.000000245. The lowest BCUT2D eigenvalue weighted by Gasteiger charge is -2.19. The van der Waals surface area contributed by atoms with Crippen LogP contribution < -0.4 is 5.32 Å². The fraction of sp³-hybridized carbons (Fsp3) is 0.0741. The molecule has 0 atom stereocenters. The number of anilines is 1. The minimum atomic E-state index is -4.02. The monoisotopic (exact) mass is 550 g/mol. The number of hydrogen-bond donors (Lipinski definition) is 2. The Hall–Kier alpha value is -3.63. The molecule has 1 aliphatic heterocycles. The van der Waals surface area contributed by atoms with Crippen molar-refractivity contribution in [1.82, 2.24) is 9.99 Å². The number of hydrazone groups is 1. The fourth-order valence-electron chi connectivity index (χ4n) is 3.50. The van der Waals surface area contributed by atoms with E-state index in [2.05, 4.69) is 10.3 Å². The minimum Gasteiger partial charge on any atom is -0.331 e. The first-order chi connectivity index (χ1) is 17.7. The van der Waals surface area contributed by atoms with Crippen LogP contribution in [-0.4, -0.2) is 33.8 Å². The van der Waals surface area contributed by atoms with Gasteiger partial charge in [0.2, 0.25) is 0 Å². The summed E-state index contributed by atoms with van der Waals surface area (Å²) in [4.78, 5) is 4.10. The van der Waals surface area contributed by atoms with Crippen molar-refractivity contribution in [2.75, 3.05) is 5.32 Å². The molecular formula is C27H23ClN4O3S2. The standard InChI is InChI=1S/C20H15ClN4S.C7H8O3S/c21-16-9-7-15(8-10-16)19-17-5-1-2-6-18(17)23-20(26)25(24-19)13-14-4-3-11-22-12-14;1-6-2-4-7(5-3-6)11(8,9)10/h1-12H,13H2,(H,23,26);2-5H,1H3,(H,8,9,10). The lowest BCUT2D eigenvalue weighted by Crippen LogP contribution is -2.29. The van der Waals surface area contributed by atoms with Crippen LogP contribution in [0, 0.1) is 6.92 Å². The second kappa shape index (κ2) is 11.6. The lowest BCUT2D eigenvalue weighted by atomic mass is 10.0. The van der Waals surface area contributed by atoms with Gasteiger partial charge in [0, 0.05) is 34.2 Å². The fourth-order valence-corrected chi connectivity index (χ4v) is 4.32. The van der Waals surface area contributed by atoms with Crippen LogP contribution in [0.3, 0.4) is 0 Å². The maximum atomic E-state index is 10.5. The Morgan fingerprint density at radius 3 is 2.32 bits per heavy atom. The van der Waals surface area contributed by atoms with Gasteiger partial charge in [0.25, 0.3) is 10.1 Å². The van der Waals surface area contributed by atoms with Gasteiger partial charge in [-0.05, 0) is 61.1 Å². The van der Waals surface area contributed by atoms with E-state index in [0.29, 0.717) is 16.7 Å². The highest BCUT2D eigenvalue weighted by Gasteiger charge is 2.21. The third-order valence-electron chi connectivity index (χ3n) is 5.37. The van der Waals surface area contributed by atoms with Crippen molar-refractivity contribution in [3.05, 3.63) is 125 Å². The average molecular weight is 551 g/mol. The molecule has 0 saturated carbocycles. The highest BCUT2D eigenvalue weighted by atomic mass is 35.5. The predicted octanol–water partition coefficient (Wildman–Crippen LogP) is 5.94. The Morgan fingerprint density at radius 1 is 0.973 bits per heavy atom. The molecule has 4 aromatic rings. The number of thiocarbonyl (C=S) groups is 1. The molecule has 0 fully saturated rings. The van der Waals surface area contributed by atoms with E-state index in [1.165, 1.54) is 12.1 Å². The Bertz CT molecular complexity index is 1530. The van der Waals surface area contributed by atoms with E-state index in [1.807, 2.05) is 73.8 Å². The van der Waals surface area contributed by atoms with Crippen molar-refractivity contribution in [3.8, 4) is 0 Å². The number of fused-ring (bicyclic) bond motifs is 1. The molecule has 1 aromatic heterocycles. The van der Waals surface area contributed by atoms with Crippen LogP contribution in [0.2, 0.25) is 5.02 Å². The van der Waals surface area contributed by atoms with Crippen LogP contribution in [0.1, 0.15) is 22.3 Å². The number of nitrogens with zero attached hydrogens (tertiary/aromatic N) is 3. The van der Waals surface area contributed by atoms with Gasteiger partial charge in [-0.3, -0.25) is 9.54 Å². The molecule has 2 heterocycles. The Labute approximate surface area is 226 Å². The number of rotatable bonds is 4. The molecule has 0 spiro atoms. The van der Waals surface area contributed by atoms with Crippen molar-refractivity contribution < 1.29 is 13.0 Å². The summed E-state index contributed by atoms with van der Waals surface area (Å²) in [7, 11) is -4.02. The molecule has 7 nitrogen and oxygen atoms in total. The van der Waals surface area contributed by atoms with Gasteiger partial charge in [-0.15, -0.1) is 0 Å². The molecule has 0 saturated heterocycles. The van der Waals surface area contributed by atoms with Gasteiger partial charge in [0.15, 0.2) is 5.11 Å². The summed E-state index contributed by atoms with van der Waals surface area (Å²) < 4.78 is 29.6. The topological polar surface area (TPSA) is 94.9 Å². The second-order valence-electron chi connectivity index (χ2n) is 8.14. The number of pyridine rings is 1. The van der Waals surface area contributed by atoms with Gasteiger partial charge >= 0.3 is 0 Å². The lowest BCUT2D eigenvalue weighted by molar-refractivity contribution is 0.447. The zero-order valence-electron chi connectivity index (χ0n) is 19.7. The first kappa shape index (κ1) is 26.4. The second-order valence-corrected chi connectivity index (χ2v) is 10.4. The average Bonchev–Trinajstić information content (AvgIpc) is 3.01. The van der Waals surface area contributed by atoms with E-state index in [0.717, 1.165) is 33.7 Å². The number of aryl methyl sites for hydroxylation is 1. The summed E-state index contributed by atoms with van der Waals surface area (Å²) in [5.74, 6) is 0. The predicted molar refractivity (Wildman–Crippen MR) is 151 cm³/mol. The number of nitrogens with one attached hydrogen (secondary N) is 1. The quantitative estimate of drug-likeness (QED) is 0.240. The SMILES string of the molecule is Cc1ccc(S(=O)(=O)O)cc1.S=C1Nc2ccccc2C(c2ccc(Cl)cc2)=NN1Cc1cccnc1. The summed E-state index contributed by atoms with van der Waals surface area (Å²) in [5, 5.41) is 11.2. The maximum absolute atomic E-state index is 10.5. The van der Waals surface area contributed by atoms with Crippen molar-refractivity contribution in [2.45, 2.75) is 18.4 Å². The summed E-state index contributed by atoms with van der Waals surface area (Å²) in [6, 6.07) is 25.6. The number of hydrogen-bond acceptors (Lipinski definition) is 5. The van der Waals surface area contributed by atoms with Gasteiger partial charge in [-0.2, -0.15) is 13.5 Å². The van der Waals surface area contributed by atoms with Gasteiger partial charge in [0.1, 0.15) is 5.71 Å². The molecule has 188 valence electrons. The van der Waals surface area contributed by atoms with Crippen LogP contribution in [-0.2, 0) is 16.7 Å². The molecule has 0 unspecified atom stereocenters. The molecule has 37 heavy (non-hydrogen) atoms. The van der Waals surface area contributed by atoms with Crippen molar-refractivity contribution in [1.29, 1.82) is 0 Å². The summed E-state index contributed by atoms with van der Waals surface area (Å²) in [6.45, 7) is 2.37. The van der Waals surface area contributed by atoms with Gasteiger partial charge in [-0.25, -0.2) is 5.01 Å². The summed E-state index contributed by atoms with van der Waals surface area (Å²) in [6.07, 6.45) is 3.57. The molecule has 3 aromatic carbocycles. The molecule has 0 aliphatic carbocycles. The van der Waals surface area contributed by atoms with E-state index >= 15 is 0 Å². The molecule has 0 amide bonds. The van der Waals surface area contributed by atoms with Crippen LogP contribution in [0.15, 0.2) is 107 Å². The largest absolute Gasteiger partial charge is 0.331 e. The van der Waals surface area contributed by atoms with Crippen molar-refractivity contribution in [2.24, 2.45) is 5.10 Å². The number of aromatic nitrogens is 1. The number of halogens is 1. The molecular weight excluding hydrogens is 528 g/mol. The van der Waals surface area contributed by atoms with Gasteiger partial charge < -0.3 is 5.32 Å². The molecule has 5 rings (SSSR count). The first-order valence-corrected chi connectivity index (χ1v) is 13.4. The third kappa shape index (κ3) is 6.99. The zero-order chi connectivity index (χ0) is 26.4. The van der Waals surface area contributed by atoms with E-state index in [1.54, 1.807) is 23.3 Å². The Kier molecular flexibility index (Phi) is 8.30. The van der Waals surface area contributed by atoms with Crippen LogP contribution in [0.5, 0.6) is 0 Å². The Morgan fingerprint density at radius 2 is 1.68 bits per heavy atom. The highest BCUT2D eigenvalue weighted by molar-refractivity contribution is 7.85. The molecule has 2 N–H and O–H groups in total. The highest BCUT2D eigenvalue weighted by Crippen LogP contribution is 2.25. The number of para-hydroxylation sites is 1. The van der Waals surface area contributed by atoms with Crippen LogP contribution in [0.4, 0.5) is 5.69 Å². The normalized spacial score (nSPS) is 12.9. The van der Waals surface area contributed by atoms with E-state index in [4.69, 9.17) is 33.5 Å². The summed E-state index contributed by atoms with van der Waals surface area (Å²) in [5.41, 5.74) is 5.73. The summed E-state index contributed by atoms with van der Waals surface area (Å²) >= 11 is 11.6. The first-order valence-electron chi connectivity index (χ1n) is 11.2. The van der Waals surface area contributed by atoms with Crippen LogP contribution >= 0.6 is 23.8 Å². The maximum Gasteiger partial charge on any atom is 0.294 e. The van der Waals surface area contributed by atoms with Gasteiger partial charge in [-0.1, -0.05) is 65.7 Å². The van der Waals surface area contributed by atoms with E-state index in [9.17, 15) is 8.42 Å². The minimum absolute atomic E-state index is 0.0666. The van der Waals surface area contributed by atoms with E-state index < -0.39 is 10.1 Å². The molecule has 0 radical (unpaired) electrons. The van der Waals surface area contributed by atoms with Crippen molar-refractivity contribution in [3.63, 3.8) is 0 Å². The molecule has 1 aliphatic rings. The smallest absolute Gasteiger partial charge is 0.294 e. The van der Waals surface area contributed by atoms with Crippen LogP contribution in [0.25, 0.3) is 0 Å². The third-order valence-corrected chi connectivity index (χ3v) is 6.80. The zero-order valence-corrected chi connectivity index (χ0v) is 22.1. The molecule has 10 heteroatoms. The number of benzene rings is 3. The van der Waals surface area contributed by atoms with E-state index in [-0.39, 0.29) is 4.90 Å². The van der Waals surface area contributed by atoms with Gasteiger partial charge in [0.05, 0.1) is 11.4 Å².